The van der Waals surface area contributed by atoms with E-state index in [0.717, 1.165) is 12.8 Å². The molecule has 0 spiro atoms. The van der Waals surface area contributed by atoms with E-state index in [0.29, 0.717) is 17.6 Å². The van der Waals surface area contributed by atoms with Gasteiger partial charge in [0.05, 0.1) is 0 Å². The summed E-state index contributed by atoms with van der Waals surface area (Å²) in [5, 5.41) is 3.93. The summed E-state index contributed by atoms with van der Waals surface area (Å²) in [5.74, 6) is 1.79. The molecular weight excluding hydrogens is 218 g/mol. The maximum absolute atomic E-state index is 6.11. The molecule has 5 heteroatoms. The van der Waals surface area contributed by atoms with Crippen LogP contribution in [0.15, 0.2) is 4.52 Å². The Bertz CT molecular complexity index is 353. The first-order valence-electron chi connectivity index (χ1n) is 6.31. The first-order chi connectivity index (χ1) is 8.20. The van der Waals surface area contributed by atoms with Gasteiger partial charge in [-0.05, 0) is 25.7 Å². The number of ether oxygens (including phenoxy) is 1. The highest BCUT2D eigenvalue weighted by Gasteiger charge is 2.24. The molecule has 0 radical (unpaired) electrons. The lowest BCUT2D eigenvalue weighted by Gasteiger charge is -2.27. The summed E-state index contributed by atoms with van der Waals surface area (Å²) in [6.07, 6.45) is 5.46. The topological polar surface area (TPSA) is 74.2 Å². The fourth-order valence-electron chi connectivity index (χ4n) is 2.34. The molecule has 3 atom stereocenters. The van der Waals surface area contributed by atoms with Crippen LogP contribution in [-0.2, 0) is 11.2 Å². The van der Waals surface area contributed by atoms with Crippen molar-refractivity contribution < 1.29 is 9.26 Å². The third-order valence-electron chi connectivity index (χ3n) is 3.61. The van der Waals surface area contributed by atoms with Crippen LogP contribution >= 0.6 is 0 Å². The van der Waals surface area contributed by atoms with Gasteiger partial charge in [-0.1, -0.05) is 18.0 Å². The van der Waals surface area contributed by atoms with Gasteiger partial charge in [0.15, 0.2) is 5.82 Å². The fraction of sp³-hybridized carbons (Fsp3) is 0.833. The molecule has 0 aliphatic heterocycles. The molecule has 1 aliphatic rings. The summed E-state index contributed by atoms with van der Waals surface area (Å²) in [6.45, 7) is 1.90. The van der Waals surface area contributed by atoms with Crippen molar-refractivity contribution in [2.24, 2.45) is 11.7 Å². The van der Waals surface area contributed by atoms with E-state index in [1.54, 1.807) is 7.11 Å². The average Bonchev–Trinajstić information content (AvgIpc) is 2.80. The van der Waals surface area contributed by atoms with Gasteiger partial charge >= 0.3 is 0 Å². The molecular formula is C12H21N3O2. The molecule has 1 saturated carbocycles. The van der Waals surface area contributed by atoms with E-state index in [2.05, 4.69) is 10.1 Å². The van der Waals surface area contributed by atoms with Crippen LogP contribution in [-0.4, -0.2) is 23.3 Å². The predicted molar refractivity (Wildman–Crippen MR) is 63.4 cm³/mol. The zero-order valence-corrected chi connectivity index (χ0v) is 10.6. The molecule has 0 saturated heterocycles. The van der Waals surface area contributed by atoms with E-state index in [9.17, 15) is 0 Å². The highest BCUT2D eigenvalue weighted by Crippen LogP contribution is 2.26. The zero-order chi connectivity index (χ0) is 12.3. The van der Waals surface area contributed by atoms with Gasteiger partial charge in [0, 0.05) is 19.6 Å². The van der Waals surface area contributed by atoms with Crippen LogP contribution in [0.4, 0.5) is 0 Å². The van der Waals surface area contributed by atoms with Crippen molar-refractivity contribution in [1.82, 2.24) is 10.1 Å². The van der Waals surface area contributed by atoms with Crippen molar-refractivity contribution in [3.63, 3.8) is 0 Å². The Morgan fingerprint density at radius 3 is 2.94 bits per heavy atom. The van der Waals surface area contributed by atoms with Gasteiger partial charge in [-0.3, -0.25) is 0 Å². The van der Waals surface area contributed by atoms with Crippen molar-refractivity contribution in [1.29, 1.82) is 0 Å². The number of hydrogen-bond donors (Lipinski definition) is 1. The van der Waals surface area contributed by atoms with Gasteiger partial charge in [-0.25, -0.2) is 0 Å². The minimum Gasteiger partial charge on any atom is -0.374 e. The quantitative estimate of drug-likeness (QED) is 0.867. The van der Waals surface area contributed by atoms with E-state index in [1.807, 2.05) is 6.92 Å². The lowest BCUT2D eigenvalue weighted by molar-refractivity contribution is 0.109. The largest absolute Gasteiger partial charge is 0.374 e. The Balaban J connectivity index is 1.96. The molecule has 1 heterocycles. The van der Waals surface area contributed by atoms with E-state index >= 15 is 0 Å². The summed E-state index contributed by atoms with van der Waals surface area (Å²) >= 11 is 0. The van der Waals surface area contributed by atoms with Crippen LogP contribution in [0, 0.1) is 5.92 Å². The molecule has 1 aliphatic carbocycles. The minimum absolute atomic E-state index is 0.118. The molecule has 5 nitrogen and oxygen atoms in total. The fourth-order valence-corrected chi connectivity index (χ4v) is 2.34. The van der Waals surface area contributed by atoms with E-state index in [4.69, 9.17) is 15.0 Å². The second-order valence-electron chi connectivity index (χ2n) is 4.84. The first kappa shape index (κ1) is 12.5. The van der Waals surface area contributed by atoms with Crippen LogP contribution in [0.5, 0.6) is 0 Å². The SMILES string of the molecule is COC(C)c1noc(CC2CCCCC2N)n1. The molecule has 0 aromatic carbocycles. The van der Waals surface area contributed by atoms with Crippen molar-refractivity contribution in [3.8, 4) is 0 Å². The average molecular weight is 239 g/mol. The number of methoxy groups -OCH3 is 1. The highest BCUT2D eigenvalue weighted by atomic mass is 16.5. The summed E-state index contributed by atoms with van der Waals surface area (Å²) < 4.78 is 10.4. The maximum atomic E-state index is 6.11. The Morgan fingerprint density at radius 2 is 2.24 bits per heavy atom. The third kappa shape index (κ3) is 3.04. The second-order valence-corrected chi connectivity index (χ2v) is 4.84. The van der Waals surface area contributed by atoms with Crippen molar-refractivity contribution in [2.45, 2.75) is 51.2 Å². The van der Waals surface area contributed by atoms with Crippen LogP contribution in [0.3, 0.4) is 0 Å². The Kier molecular flexibility index (Phi) is 4.12. The number of rotatable bonds is 4. The highest BCUT2D eigenvalue weighted by molar-refractivity contribution is 4.93. The van der Waals surface area contributed by atoms with Crippen LogP contribution in [0.25, 0.3) is 0 Å². The molecule has 1 aromatic heterocycles. The van der Waals surface area contributed by atoms with E-state index in [-0.39, 0.29) is 12.1 Å². The molecule has 96 valence electrons. The van der Waals surface area contributed by atoms with Crippen molar-refractivity contribution in [2.75, 3.05) is 7.11 Å². The third-order valence-corrected chi connectivity index (χ3v) is 3.61. The monoisotopic (exact) mass is 239 g/mol. The van der Waals surface area contributed by atoms with Crippen molar-refractivity contribution >= 4 is 0 Å². The lowest BCUT2D eigenvalue weighted by atomic mass is 9.83. The van der Waals surface area contributed by atoms with Crippen LogP contribution in [0.1, 0.15) is 50.4 Å². The molecule has 1 aromatic rings. The number of aromatic nitrogens is 2. The summed E-state index contributed by atoms with van der Waals surface area (Å²) in [7, 11) is 1.64. The smallest absolute Gasteiger partial charge is 0.227 e. The van der Waals surface area contributed by atoms with Gasteiger partial charge in [-0.15, -0.1) is 0 Å². The molecule has 2 rings (SSSR count). The van der Waals surface area contributed by atoms with Gasteiger partial charge in [0.25, 0.3) is 0 Å². The molecule has 2 N–H and O–H groups in total. The molecule has 1 fully saturated rings. The maximum Gasteiger partial charge on any atom is 0.227 e. The second kappa shape index (κ2) is 5.60. The molecule has 0 amide bonds. The zero-order valence-electron chi connectivity index (χ0n) is 10.6. The molecule has 3 unspecified atom stereocenters. The number of hydrogen-bond acceptors (Lipinski definition) is 5. The van der Waals surface area contributed by atoms with E-state index in [1.165, 1.54) is 19.3 Å². The number of nitrogens with zero attached hydrogens (tertiary/aromatic N) is 2. The molecule has 17 heavy (non-hydrogen) atoms. The van der Waals surface area contributed by atoms with E-state index < -0.39 is 0 Å². The van der Waals surface area contributed by atoms with Gasteiger partial charge in [0.2, 0.25) is 5.89 Å². The van der Waals surface area contributed by atoms with Gasteiger partial charge in [-0.2, -0.15) is 4.98 Å². The summed E-state index contributed by atoms with van der Waals surface area (Å²) in [4.78, 5) is 4.35. The minimum atomic E-state index is -0.118. The van der Waals surface area contributed by atoms with Crippen molar-refractivity contribution in [3.05, 3.63) is 11.7 Å². The van der Waals surface area contributed by atoms with Gasteiger partial charge < -0.3 is 15.0 Å². The van der Waals surface area contributed by atoms with Crippen LogP contribution in [0.2, 0.25) is 0 Å². The van der Waals surface area contributed by atoms with Gasteiger partial charge in [0.1, 0.15) is 6.10 Å². The Hall–Kier alpha value is -0.940. The Morgan fingerprint density at radius 1 is 1.47 bits per heavy atom. The molecule has 0 bridgehead atoms. The van der Waals surface area contributed by atoms with Crippen LogP contribution < -0.4 is 5.73 Å². The lowest BCUT2D eigenvalue weighted by Crippen LogP contribution is -2.34. The normalized spacial score (nSPS) is 27.0. The predicted octanol–water partition coefficient (Wildman–Crippen LogP) is 1.84. The Labute approximate surface area is 102 Å². The summed E-state index contributed by atoms with van der Waals surface area (Å²) in [6, 6.07) is 0.277. The first-order valence-corrected chi connectivity index (χ1v) is 6.31. The summed E-state index contributed by atoms with van der Waals surface area (Å²) in [5.41, 5.74) is 6.11. The number of nitrogens with two attached hydrogens (primary N) is 1. The standard InChI is InChI=1S/C12H21N3O2/c1-8(16-2)12-14-11(17-15-12)7-9-5-3-4-6-10(9)13/h8-10H,3-7,13H2,1-2H3.